The second kappa shape index (κ2) is 7.32. The molecule has 0 aliphatic carbocycles. The number of piperidine rings is 1. The number of benzene rings is 1. The molecule has 0 radical (unpaired) electrons. The van der Waals surface area contributed by atoms with E-state index in [0.29, 0.717) is 0 Å². The molecule has 0 bridgehead atoms. The van der Waals surface area contributed by atoms with Crippen LogP contribution in [0.25, 0.3) is 0 Å². The van der Waals surface area contributed by atoms with Gasteiger partial charge in [0, 0.05) is 24.7 Å². The third kappa shape index (κ3) is 4.04. The summed E-state index contributed by atoms with van der Waals surface area (Å²) >= 11 is 6.20. The number of rotatable bonds is 3. The second-order valence-electron chi connectivity index (χ2n) is 7.77. The molecule has 1 heterocycles. The summed E-state index contributed by atoms with van der Waals surface area (Å²) in [6, 6.07) is 5.96. The summed E-state index contributed by atoms with van der Waals surface area (Å²) in [6.07, 6.45) is 0.998. The molecule has 2 rings (SSSR count). The van der Waals surface area contributed by atoms with Gasteiger partial charge in [0.25, 0.3) is 0 Å². The third-order valence-corrected chi connectivity index (χ3v) is 5.68. The van der Waals surface area contributed by atoms with Crippen LogP contribution in [-0.4, -0.2) is 49.1 Å². The number of carbonyl (C=O) groups is 1. The lowest BCUT2D eigenvalue weighted by molar-refractivity contribution is 0.0445. The van der Waals surface area contributed by atoms with Gasteiger partial charge in [-0.2, -0.15) is 0 Å². The molecule has 1 aliphatic rings. The monoisotopic (exact) mass is 351 g/mol. The van der Waals surface area contributed by atoms with Crippen LogP contribution < -0.4 is 5.32 Å². The van der Waals surface area contributed by atoms with Crippen LogP contribution in [0.3, 0.4) is 0 Å². The molecular weight excluding hydrogens is 322 g/mol. The second-order valence-corrected chi connectivity index (χ2v) is 8.17. The van der Waals surface area contributed by atoms with Gasteiger partial charge in [0.15, 0.2) is 0 Å². The fourth-order valence-electron chi connectivity index (χ4n) is 3.93. The smallest absolute Gasteiger partial charge is 0.317 e. The van der Waals surface area contributed by atoms with Crippen molar-refractivity contribution in [2.75, 3.05) is 27.2 Å². The molecule has 1 N–H and O–H groups in total. The maximum absolute atomic E-state index is 12.8. The molecule has 1 fully saturated rings. The first kappa shape index (κ1) is 19.1. The molecule has 1 saturated heterocycles. The van der Waals surface area contributed by atoms with E-state index < -0.39 is 0 Å². The largest absolute Gasteiger partial charge is 0.331 e. The third-order valence-electron chi connectivity index (χ3n) is 5.27. The molecule has 1 unspecified atom stereocenters. The summed E-state index contributed by atoms with van der Waals surface area (Å²) in [5.41, 5.74) is 2.16. The van der Waals surface area contributed by atoms with Gasteiger partial charge in [0.2, 0.25) is 0 Å². The molecule has 0 spiro atoms. The minimum atomic E-state index is -0.0759. The number of nitrogens with one attached hydrogen (secondary N) is 1. The van der Waals surface area contributed by atoms with Crippen LogP contribution in [0.5, 0.6) is 0 Å². The first-order valence-electron chi connectivity index (χ1n) is 8.60. The number of hydrogen-bond acceptors (Lipinski definition) is 2. The molecule has 0 aromatic heterocycles. The molecule has 0 saturated carbocycles. The molecule has 1 aliphatic heterocycles. The van der Waals surface area contributed by atoms with E-state index in [-0.39, 0.29) is 23.5 Å². The number of urea groups is 1. The Morgan fingerprint density at radius 1 is 1.46 bits per heavy atom. The maximum atomic E-state index is 12.8. The Balaban J connectivity index is 2.07. The molecule has 24 heavy (non-hydrogen) atoms. The Labute approximate surface area is 151 Å². The van der Waals surface area contributed by atoms with Crippen LogP contribution >= 0.6 is 11.6 Å². The van der Waals surface area contributed by atoms with Crippen molar-refractivity contribution in [3.8, 4) is 0 Å². The predicted molar refractivity (Wildman–Crippen MR) is 101 cm³/mol. The van der Waals surface area contributed by atoms with Gasteiger partial charge < -0.3 is 15.1 Å². The molecule has 2 atom stereocenters. The first-order valence-corrected chi connectivity index (χ1v) is 8.98. The standard InChI is InChI=1S/C19H30ClN3O/c1-13-15(8-7-9-16(13)20)14(2)21-18(24)23(6)17-10-11-22(5)12-19(17,3)4/h7-9,14,17H,10-12H2,1-6H3,(H,21,24)/t14-,17?/m1/s1. The van der Waals surface area contributed by atoms with E-state index in [1.54, 1.807) is 0 Å². The van der Waals surface area contributed by atoms with Crippen molar-refractivity contribution in [3.05, 3.63) is 34.3 Å². The number of halogens is 1. The zero-order chi connectivity index (χ0) is 18.1. The number of nitrogens with zero attached hydrogens (tertiary/aromatic N) is 2. The number of carbonyl (C=O) groups excluding carboxylic acids is 1. The van der Waals surface area contributed by atoms with Gasteiger partial charge in [-0.1, -0.05) is 37.6 Å². The number of likely N-dealkylation sites (tertiary alicyclic amines) is 1. The van der Waals surface area contributed by atoms with Crippen molar-refractivity contribution in [3.63, 3.8) is 0 Å². The summed E-state index contributed by atoms with van der Waals surface area (Å²) in [4.78, 5) is 17.0. The Hall–Kier alpha value is -1.26. The highest BCUT2D eigenvalue weighted by Crippen LogP contribution is 2.32. The van der Waals surface area contributed by atoms with Gasteiger partial charge in [-0.05, 0) is 56.5 Å². The number of hydrogen-bond donors (Lipinski definition) is 1. The van der Waals surface area contributed by atoms with Gasteiger partial charge in [0.1, 0.15) is 0 Å². The van der Waals surface area contributed by atoms with E-state index in [9.17, 15) is 4.79 Å². The van der Waals surface area contributed by atoms with Crippen molar-refractivity contribution >= 4 is 17.6 Å². The van der Waals surface area contributed by atoms with E-state index in [2.05, 4.69) is 31.1 Å². The van der Waals surface area contributed by atoms with Crippen LogP contribution in [0.4, 0.5) is 4.79 Å². The van der Waals surface area contributed by atoms with E-state index in [1.807, 2.05) is 44.0 Å². The number of amides is 2. The van der Waals surface area contributed by atoms with Crippen molar-refractivity contribution in [1.29, 1.82) is 0 Å². The van der Waals surface area contributed by atoms with Crippen molar-refractivity contribution in [1.82, 2.24) is 15.1 Å². The highest BCUT2D eigenvalue weighted by Gasteiger charge is 2.38. The van der Waals surface area contributed by atoms with Crippen molar-refractivity contribution in [2.24, 2.45) is 5.41 Å². The molecule has 1 aromatic carbocycles. The average molecular weight is 352 g/mol. The summed E-state index contributed by atoms with van der Waals surface area (Å²) in [5, 5.41) is 3.86. The van der Waals surface area contributed by atoms with Crippen LogP contribution in [0.15, 0.2) is 18.2 Å². The Morgan fingerprint density at radius 2 is 2.12 bits per heavy atom. The van der Waals surface area contributed by atoms with Crippen LogP contribution in [0.2, 0.25) is 5.02 Å². The van der Waals surface area contributed by atoms with Gasteiger partial charge in [-0.3, -0.25) is 0 Å². The fourth-order valence-corrected chi connectivity index (χ4v) is 4.11. The van der Waals surface area contributed by atoms with E-state index in [1.165, 1.54) is 0 Å². The minimum Gasteiger partial charge on any atom is -0.331 e. The van der Waals surface area contributed by atoms with Gasteiger partial charge in [0.05, 0.1) is 6.04 Å². The van der Waals surface area contributed by atoms with E-state index in [4.69, 9.17) is 11.6 Å². The molecule has 2 amide bonds. The maximum Gasteiger partial charge on any atom is 0.317 e. The molecule has 1 aromatic rings. The van der Waals surface area contributed by atoms with Crippen LogP contribution in [0.1, 0.15) is 44.4 Å². The molecule has 134 valence electrons. The summed E-state index contributed by atoms with van der Waals surface area (Å²) in [5.74, 6) is 0. The quantitative estimate of drug-likeness (QED) is 0.890. The topological polar surface area (TPSA) is 35.6 Å². The van der Waals surface area contributed by atoms with Crippen molar-refractivity contribution in [2.45, 2.75) is 46.2 Å². The Kier molecular flexibility index (Phi) is 5.82. The predicted octanol–water partition coefficient (Wildman–Crippen LogP) is 4.08. The molecular formula is C19H30ClN3O. The lowest BCUT2D eigenvalue weighted by Gasteiger charge is -2.47. The Morgan fingerprint density at radius 3 is 2.75 bits per heavy atom. The van der Waals surface area contributed by atoms with Gasteiger partial charge in [-0.15, -0.1) is 0 Å². The van der Waals surface area contributed by atoms with Gasteiger partial charge >= 0.3 is 6.03 Å². The van der Waals surface area contributed by atoms with Crippen molar-refractivity contribution < 1.29 is 4.79 Å². The molecule has 4 nitrogen and oxygen atoms in total. The lowest BCUT2D eigenvalue weighted by atomic mass is 9.78. The highest BCUT2D eigenvalue weighted by atomic mass is 35.5. The van der Waals surface area contributed by atoms with E-state index >= 15 is 0 Å². The summed E-state index contributed by atoms with van der Waals surface area (Å²) in [7, 11) is 4.05. The Bertz CT molecular complexity index is 602. The first-order chi connectivity index (χ1) is 11.1. The highest BCUT2D eigenvalue weighted by molar-refractivity contribution is 6.31. The van der Waals surface area contributed by atoms with E-state index in [0.717, 1.165) is 35.7 Å². The van der Waals surface area contributed by atoms with Gasteiger partial charge in [-0.25, -0.2) is 4.79 Å². The van der Waals surface area contributed by atoms with Crippen LogP contribution in [0, 0.1) is 12.3 Å². The van der Waals surface area contributed by atoms with Crippen LogP contribution in [-0.2, 0) is 0 Å². The fraction of sp³-hybridized carbons (Fsp3) is 0.632. The molecule has 5 heteroatoms. The minimum absolute atomic E-state index is 0.0236. The zero-order valence-corrected chi connectivity index (χ0v) is 16.4. The normalized spacial score (nSPS) is 22.0. The summed E-state index contributed by atoms with van der Waals surface area (Å²) < 4.78 is 0. The zero-order valence-electron chi connectivity index (χ0n) is 15.7. The SMILES string of the molecule is Cc1c(Cl)cccc1[C@@H](C)NC(=O)N(C)C1CCN(C)CC1(C)C. The summed E-state index contributed by atoms with van der Waals surface area (Å²) in [6.45, 7) is 10.5. The average Bonchev–Trinajstić information content (AvgIpc) is 2.48. The lowest BCUT2D eigenvalue weighted by Crippen LogP contribution is -2.57.